The van der Waals surface area contributed by atoms with Crippen molar-refractivity contribution in [2.75, 3.05) is 0 Å². The summed E-state index contributed by atoms with van der Waals surface area (Å²) in [7, 11) is -3.44. The van der Waals surface area contributed by atoms with Gasteiger partial charge in [0, 0.05) is 18.3 Å². The predicted molar refractivity (Wildman–Crippen MR) is 58.0 cm³/mol. The zero-order valence-electron chi connectivity index (χ0n) is 9.48. The number of aromatic nitrogens is 2. The highest BCUT2D eigenvalue weighted by Gasteiger charge is 2.23. The maximum Gasteiger partial charge on any atom is 0.244 e. The Labute approximate surface area is 90.5 Å². The zero-order chi connectivity index (χ0) is 11.7. The first-order valence-electron chi connectivity index (χ1n) is 4.81. The van der Waals surface area contributed by atoms with Crippen molar-refractivity contribution in [1.82, 2.24) is 14.5 Å². The van der Waals surface area contributed by atoms with E-state index in [1.165, 1.54) is 12.4 Å². The molecule has 1 aromatic heterocycles. The van der Waals surface area contributed by atoms with Gasteiger partial charge in [0.1, 0.15) is 4.90 Å². The van der Waals surface area contributed by atoms with Gasteiger partial charge in [-0.2, -0.15) is 5.10 Å². The van der Waals surface area contributed by atoms with E-state index in [0.29, 0.717) is 6.54 Å². The molecular weight excluding hydrogens is 214 g/mol. The smallest absolute Gasteiger partial charge is 0.244 e. The Morgan fingerprint density at radius 3 is 2.47 bits per heavy atom. The van der Waals surface area contributed by atoms with Crippen LogP contribution in [-0.4, -0.2) is 23.7 Å². The quantitative estimate of drug-likeness (QED) is 0.843. The van der Waals surface area contributed by atoms with E-state index >= 15 is 0 Å². The van der Waals surface area contributed by atoms with Gasteiger partial charge in [0.2, 0.25) is 10.0 Å². The molecule has 86 valence electrons. The van der Waals surface area contributed by atoms with Gasteiger partial charge in [0.15, 0.2) is 0 Å². The third kappa shape index (κ3) is 3.32. The van der Waals surface area contributed by atoms with Crippen LogP contribution in [-0.2, 0) is 16.6 Å². The molecule has 0 aliphatic rings. The van der Waals surface area contributed by atoms with E-state index in [1.807, 2.05) is 6.92 Å². The number of hydrogen-bond acceptors (Lipinski definition) is 3. The highest BCUT2D eigenvalue weighted by Crippen LogP contribution is 2.11. The lowest BCUT2D eigenvalue weighted by Gasteiger charge is -2.19. The average Bonchev–Trinajstić information content (AvgIpc) is 2.47. The van der Waals surface area contributed by atoms with Crippen molar-refractivity contribution >= 4 is 10.0 Å². The molecule has 0 spiro atoms. The third-order valence-electron chi connectivity index (χ3n) is 1.68. The van der Waals surface area contributed by atoms with Gasteiger partial charge in [0.05, 0.1) is 6.20 Å². The Morgan fingerprint density at radius 2 is 2.07 bits per heavy atom. The van der Waals surface area contributed by atoms with E-state index in [9.17, 15) is 8.42 Å². The molecule has 1 rings (SSSR count). The molecule has 1 aromatic rings. The molecule has 0 aliphatic carbocycles. The van der Waals surface area contributed by atoms with Crippen LogP contribution in [0.2, 0.25) is 0 Å². The minimum absolute atomic E-state index is 0.208. The molecule has 0 amide bonds. The lowest BCUT2D eigenvalue weighted by molar-refractivity contribution is 0.491. The highest BCUT2D eigenvalue weighted by atomic mass is 32.2. The van der Waals surface area contributed by atoms with Crippen molar-refractivity contribution in [2.24, 2.45) is 0 Å². The topological polar surface area (TPSA) is 64.0 Å². The molecule has 0 unspecified atom stereocenters. The molecule has 15 heavy (non-hydrogen) atoms. The Hall–Kier alpha value is -0.880. The van der Waals surface area contributed by atoms with Gasteiger partial charge in [-0.25, -0.2) is 13.1 Å². The predicted octanol–water partition coefficient (Wildman–Crippen LogP) is 0.980. The summed E-state index contributed by atoms with van der Waals surface area (Å²) in [6.45, 7) is 7.96. The monoisotopic (exact) mass is 231 g/mol. The second kappa shape index (κ2) is 3.94. The minimum atomic E-state index is -3.44. The normalized spacial score (nSPS) is 13.1. The fraction of sp³-hybridized carbons (Fsp3) is 0.667. The number of nitrogens with zero attached hydrogens (tertiary/aromatic N) is 2. The maximum absolute atomic E-state index is 11.8. The molecular formula is C9H17N3O2S. The van der Waals surface area contributed by atoms with Gasteiger partial charge >= 0.3 is 0 Å². The summed E-state index contributed by atoms with van der Waals surface area (Å²) in [4.78, 5) is 0.208. The lowest BCUT2D eigenvalue weighted by Crippen LogP contribution is -2.40. The van der Waals surface area contributed by atoms with Crippen molar-refractivity contribution in [3.05, 3.63) is 12.4 Å². The molecule has 0 bridgehead atoms. The van der Waals surface area contributed by atoms with Gasteiger partial charge in [-0.05, 0) is 27.7 Å². The molecule has 6 heteroatoms. The number of rotatable bonds is 3. The van der Waals surface area contributed by atoms with Crippen molar-refractivity contribution in [1.29, 1.82) is 0 Å². The van der Waals surface area contributed by atoms with E-state index in [4.69, 9.17) is 0 Å². The number of hydrogen-bond donors (Lipinski definition) is 1. The molecule has 0 saturated heterocycles. The van der Waals surface area contributed by atoms with Crippen LogP contribution >= 0.6 is 0 Å². The molecule has 0 radical (unpaired) electrons. The molecule has 0 saturated carbocycles. The van der Waals surface area contributed by atoms with E-state index < -0.39 is 15.6 Å². The summed E-state index contributed by atoms with van der Waals surface area (Å²) in [5.41, 5.74) is -0.479. The van der Waals surface area contributed by atoms with Crippen LogP contribution in [0.15, 0.2) is 17.3 Å². The molecule has 0 fully saturated rings. The molecule has 0 aromatic carbocycles. The summed E-state index contributed by atoms with van der Waals surface area (Å²) in [6, 6.07) is 0. The average molecular weight is 231 g/mol. The highest BCUT2D eigenvalue weighted by molar-refractivity contribution is 7.89. The first-order valence-corrected chi connectivity index (χ1v) is 6.29. The van der Waals surface area contributed by atoms with E-state index in [2.05, 4.69) is 9.82 Å². The van der Waals surface area contributed by atoms with Crippen LogP contribution in [0.1, 0.15) is 27.7 Å². The van der Waals surface area contributed by atoms with Crippen molar-refractivity contribution in [3.63, 3.8) is 0 Å². The fourth-order valence-corrected chi connectivity index (χ4v) is 2.49. The van der Waals surface area contributed by atoms with Gasteiger partial charge < -0.3 is 0 Å². The number of aryl methyl sites for hydroxylation is 1. The van der Waals surface area contributed by atoms with E-state index in [1.54, 1.807) is 25.5 Å². The van der Waals surface area contributed by atoms with Crippen molar-refractivity contribution < 1.29 is 8.42 Å². The zero-order valence-corrected chi connectivity index (χ0v) is 10.3. The van der Waals surface area contributed by atoms with E-state index in [-0.39, 0.29) is 4.90 Å². The lowest BCUT2D eigenvalue weighted by atomic mass is 10.1. The standard InChI is InChI=1S/C9H17N3O2S/c1-5-12-7-8(6-10-12)15(13,14)11-9(2,3)4/h6-7,11H,5H2,1-4H3. The Morgan fingerprint density at radius 1 is 1.47 bits per heavy atom. The van der Waals surface area contributed by atoms with E-state index in [0.717, 1.165) is 0 Å². The molecule has 1 heterocycles. The fourth-order valence-electron chi connectivity index (χ4n) is 1.12. The number of sulfonamides is 1. The van der Waals surface area contributed by atoms with Gasteiger partial charge in [-0.1, -0.05) is 0 Å². The first kappa shape index (κ1) is 12.2. The minimum Gasteiger partial charge on any atom is -0.272 e. The van der Waals surface area contributed by atoms with Crippen LogP contribution in [0.3, 0.4) is 0 Å². The SMILES string of the molecule is CCn1cc(S(=O)(=O)NC(C)(C)C)cn1. The Balaban J connectivity index is 2.96. The van der Waals surface area contributed by atoms with Crippen LogP contribution in [0.5, 0.6) is 0 Å². The first-order chi connectivity index (χ1) is 6.74. The molecule has 1 N–H and O–H groups in total. The second-order valence-electron chi connectivity index (χ2n) is 4.39. The summed E-state index contributed by atoms with van der Waals surface area (Å²) in [5.74, 6) is 0. The molecule has 0 atom stereocenters. The van der Waals surface area contributed by atoms with Gasteiger partial charge in [-0.3, -0.25) is 4.68 Å². The summed E-state index contributed by atoms with van der Waals surface area (Å²) >= 11 is 0. The Kier molecular flexibility index (Phi) is 3.20. The number of nitrogens with one attached hydrogen (secondary N) is 1. The summed E-state index contributed by atoms with van der Waals surface area (Å²) in [6.07, 6.45) is 2.88. The van der Waals surface area contributed by atoms with Crippen LogP contribution < -0.4 is 4.72 Å². The van der Waals surface area contributed by atoms with Crippen LogP contribution in [0.4, 0.5) is 0 Å². The Bertz CT molecular complexity index is 428. The van der Waals surface area contributed by atoms with Gasteiger partial charge in [0.25, 0.3) is 0 Å². The maximum atomic E-state index is 11.8. The summed E-state index contributed by atoms with van der Waals surface area (Å²) in [5, 5.41) is 3.93. The van der Waals surface area contributed by atoms with Crippen molar-refractivity contribution in [2.45, 2.75) is 44.7 Å². The van der Waals surface area contributed by atoms with Crippen LogP contribution in [0, 0.1) is 0 Å². The third-order valence-corrected chi connectivity index (χ3v) is 3.40. The largest absolute Gasteiger partial charge is 0.272 e. The molecule has 0 aliphatic heterocycles. The van der Waals surface area contributed by atoms with Crippen molar-refractivity contribution in [3.8, 4) is 0 Å². The second-order valence-corrected chi connectivity index (χ2v) is 6.07. The van der Waals surface area contributed by atoms with Gasteiger partial charge in [-0.15, -0.1) is 0 Å². The van der Waals surface area contributed by atoms with Crippen LogP contribution in [0.25, 0.3) is 0 Å². The molecule has 5 nitrogen and oxygen atoms in total. The summed E-state index contributed by atoms with van der Waals surface area (Å²) < 4.78 is 27.8.